The van der Waals surface area contributed by atoms with E-state index in [1.54, 1.807) is 22.7 Å². The summed E-state index contributed by atoms with van der Waals surface area (Å²) < 4.78 is 3.32. The number of thioether (sulfide) groups is 1. The van der Waals surface area contributed by atoms with E-state index in [-0.39, 0.29) is 0 Å². The molecule has 4 aromatic heterocycles. The van der Waals surface area contributed by atoms with Gasteiger partial charge in [0.25, 0.3) is 0 Å². The van der Waals surface area contributed by atoms with E-state index < -0.39 is 0 Å². The zero-order valence-corrected chi connectivity index (χ0v) is 19.0. The molecule has 1 saturated carbocycles. The van der Waals surface area contributed by atoms with Gasteiger partial charge in [0.15, 0.2) is 0 Å². The Labute approximate surface area is 182 Å². The quantitative estimate of drug-likeness (QED) is 0.412. The van der Waals surface area contributed by atoms with Crippen molar-refractivity contribution in [3.8, 4) is 22.0 Å². The Balaban J connectivity index is 1.68. The minimum Gasteiger partial charge on any atom is -0.397 e. The molecule has 5 rings (SSSR count). The summed E-state index contributed by atoms with van der Waals surface area (Å²) in [5, 5.41) is 4.64. The van der Waals surface area contributed by atoms with Crippen molar-refractivity contribution in [3.63, 3.8) is 0 Å². The SMILES string of the molecule is Cc1ncc(-c2cc(-c3nccs3)nc3sc(SC4CCCCC4)c(N)c23)n1C. The number of hydrogen-bond acceptors (Lipinski definition) is 7. The summed E-state index contributed by atoms with van der Waals surface area (Å²) in [6.07, 6.45) is 10.3. The average Bonchev–Trinajstić information content (AvgIpc) is 3.44. The van der Waals surface area contributed by atoms with Gasteiger partial charge in [-0.25, -0.2) is 15.0 Å². The molecule has 2 N–H and O–H groups in total. The van der Waals surface area contributed by atoms with E-state index in [2.05, 4.69) is 20.6 Å². The van der Waals surface area contributed by atoms with E-state index in [1.807, 2.05) is 43.5 Å². The van der Waals surface area contributed by atoms with Crippen LogP contribution >= 0.6 is 34.4 Å². The molecule has 0 aliphatic heterocycles. The Morgan fingerprint density at radius 2 is 2.03 bits per heavy atom. The van der Waals surface area contributed by atoms with Gasteiger partial charge < -0.3 is 10.3 Å². The molecule has 29 heavy (non-hydrogen) atoms. The van der Waals surface area contributed by atoms with Crippen molar-refractivity contribution in [1.82, 2.24) is 19.5 Å². The minimum atomic E-state index is 0.667. The number of hydrogen-bond donors (Lipinski definition) is 1. The number of fused-ring (bicyclic) bond motifs is 1. The molecule has 150 valence electrons. The third kappa shape index (κ3) is 3.47. The van der Waals surface area contributed by atoms with E-state index in [9.17, 15) is 0 Å². The Kier molecular flexibility index (Phi) is 5.09. The van der Waals surface area contributed by atoms with Gasteiger partial charge in [0, 0.05) is 34.8 Å². The van der Waals surface area contributed by atoms with Gasteiger partial charge in [-0.2, -0.15) is 0 Å². The Morgan fingerprint density at radius 1 is 1.21 bits per heavy atom. The number of pyridine rings is 1. The first-order valence-corrected chi connectivity index (χ1v) is 12.5. The van der Waals surface area contributed by atoms with Gasteiger partial charge in [-0.15, -0.1) is 34.4 Å². The van der Waals surface area contributed by atoms with Crippen LogP contribution < -0.4 is 5.73 Å². The van der Waals surface area contributed by atoms with Gasteiger partial charge in [-0.1, -0.05) is 19.3 Å². The summed E-state index contributed by atoms with van der Waals surface area (Å²) in [6, 6.07) is 2.12. The number of thiophene rings is 1. The first-order chi connectivity index (χ1) is 14.1. The van der Waals surface area contributed by atoms with Crippen LogP contribution in [-0.4, -0.2) is 24.8 Å². The summed E-state index contributed by atoms with van der Waals surface area (Å²) in [4.78, 5) is 14.9. The van der Waals surface area contributed by atoms with Gasteiger partial charge in [-0.05, 0) is 25.8 Å². The lowest BCUT2D eigenvalue weighted by molar-refractivity contribution is 0.516. The molecular formula is C21H23N5S3. The zero-order chi connectivity index (χ0) is 20.0. The van der Waals surface area contributed by atoms with Gasteiger partial charge in [0.05, 0.1) is 21.8 Å². The highest BCUT2D eigenvalue weighted by Crippen LogP contribution is 2.47. The second kappa shape index (κ2) is 7.74. The lowest BCUT2D eigenvalue weighted by Crippen LogP contribution is -2.07. The number of nitrogens with two attached hydrogens (primary N) is 1. The lowest BCUT2D eigenvalue weighted by atomic mass is 10.0. The summed E-state index contributed by atoms with van der Waals surface area (Å²) in [6.45, 7) is 2.02. The van der Waals surface area contributed by atoms with Crippen LogP contribution in [0.15, 0.2) is 28.0 Å². The molecule has 0 spiro atoms. The molecule has 0 bridgehead atoms. The Hall–Kier alpha value is -1.90. The lowest BCUT2D eigenvalue weighted by Gasteiger charge is -2.20. The zero-order valence-electron chi connectivity index (χ0n) is 16.5. The number of anilines is 1. The molecule has 0 atom stereocenters. The van der Waals surface area contributed by atoms with Crippen molar-refractivity contribution < 1.29 is 0 Å². The molecule has 4 heterocycles. The maximum atomic E-state index is 6.73. The number of rotatable bonds is 4. The summed E-state index contributed by atoms with van der Waals surface area (Å²) in [5.74, 6) is 0.978. The maximum Gasteiger partial charge on any atom is 0.141 e. The molecule has 1 aliphatic rings. The van der Waals surface area contributed by atoms with Crippen LogP contribution in [-0.2, 0) is 7.05 Å². The molecule has 0 aromatic carbocycles. The number of aromatic nitrogens is 4. The minimum absolute atomic E-state index is 0.667. The van der Waals surface area contributed by atoms with Crippen LogP contribution in [0.5, 0.6) is 0 Å². The number of thiazole rings is 1. The standard InChI is InChI=1S/C21H23N5S3/c1-12-24-11-16(26(12)2)14-10-15(19-23-8-9-27-19)25-20-17(14)18(22)21(29-20)28-13-6-4-3-5-7-13/h8-11,13H,3-7,22H2,1-2H3. The normalized spacial score (nSPS) is 15.4. The van der Waals surface area contributed by atoms with Crippen LogP contribution in [0.3, 0.4) is 0 Å². The van der Waals surface area contributed by atoms with E-state index in [0.717, 1.165) is 43.7 Å². The fraction of sp³-hybridized carbons (Fsp3) is 0.381. The molecule has 0 radical (unpaired) electrons. The largest absolute Gasteiger partial charge is 0.397 e. The van der Waals surface area contributed by atoms with Crippen molar-refractivity contribution >= 4 is 50.3 Å². The first kappa shape index (κ1) is 19.1. The second-order valence-electron chi connectivity index (χ2n) is 7.50. The van der Waals surface area contributed by atoms with Crippen molar-refractivity contribution in [3.05, 3.63) is 29.7 Å². The fourth-order valence-electron chi connectivity index (χ4n) is 3.94. The molecule has 1 aliphatic carbocycles. The van der Waals surface area contributed by atoms with Crippen molar-refractivity contribution in [2.45, 2.75) is 48.5 Å². The highest BCUT2D eigenvalue weighted by molar-refractivity contribution is 8.02. The molecular weight excluding hydrogens is 418 g/mol. The van der Waals surface area contributed by atoms with Crippen molar-refractivity contribution in [1.29, 1.82) is 0 Å². The van der Waals surface area contributed by atoms with Crippen molar-refractivity contribution in [2.75, 3.05) is 5.73 Å². The van der Waals surface area contributed by atoms with Gasteiger partial charge in [0.1, 0.15) is 21.4 Å². The Bertz CT molecular complexity index is 1150. The summed E-state index contributed by atoms with van der Waals surface area (Å²) >= 11 is 5.29. The average molecular weight is 442 g/mol. The summed E-state index contributed by atoms with van der Waals surface area (Å²) in [7, 11) is 2.05. The van der Waals surface area contributed by atoms with Crippen LogP contribution in [0.4, 0.5) is 5.69 Å². The maximum absolute atomic E-state index is 6.73. The van der Waals surface area contributed by atoms with E-state index in [0.29, 0.717) is 5.25 Å². The van der Waals surface area contributed by atoms with Gasteiger partial charge >= 0.3 is 0 Å². The molecule has 0 unspecified atom stereocenters. The Morgan fingerprint density at radius 3 is 2.72 bits per heavy atom. The number of nitrogen functional groups attached to an aromatic ring is 1. The summed E-state index contributed by atoms with van der Waals surface area (Å²) in [5.41, 5.74) is 10.6. The van der Waals surface area contributed by atoms with E-state index in [4.69, 9.17) is 10.7 Å². The molecule has 0 saturated heterocycles. The highest BCUT2D eigenvalue weighted by atomic mass is 32.2. The monoisotopic (exact) mass is 441 g/mol. The second-order valence-corrected chi connectivity index (χ2v) is 11.0. The van der Waals surface area contributed by atoms with Gasteiger partial charge in [-0.3, -0.25) is 0 Å². The highest BCUT2D eigenvalue weighted by Gasteiger charge is 2.23. The van der Waals surface area contributed by atoms with Crippen molar-refractivity contribution in [2.24, 2.45) is 7.05 Å². The van der Waals surface area contributed by atoms with Crippen LogP contribution in [0, 0.1) is 6.92 Å². The predicted octanol–water partition coefficient (Wildman–Crippen LogP) is 6.14. The fourth-order valence-corrected chi connectivity index (χ4v) is 7.33. The predicted molar refractivity (Wildman–Crippen MR) is 125 cm³/mol. The van der Waals surface area contributed by atoms with E-state index >= 15 is 0 Å². The van der Waals surface area contributed by atoms with Crippen LogP contribution in [0.25, 0.3) is 32.2 Å². The number of imidazole rings is 1. The number of nitrogens with zero attached hydrogens (tertiary/aromatic N) is 4. The molecule has 4 aromatic rings. The number of aryl methyl sites for hydroxylation is 1. The van der Waals surface area contributed by atoms with Crippen LogP contribution in [0.1, 0.15) is 37.9 Å². The first-order valence-electron chi connectivity index (χ1n) is 9.90. The van der Waals surface area contributed by atoms with Gasteiger partial charge in [0.2, 0.25) is 0 Å². The molecule has 8 heteroatoms. The topological polar surface area (TPSA) is 69.6 Å². The van der Waals surface area contributed by atoms with E-state index in [1.165, 1.54) is 36.3 Å². The van der Waals surface area contributed by atoms with Crippen LogP contribution in [0.2, 0.25) is 0 Å². The smallest absolute Gasteiger partial charge is 0.141 e. The molecule has 0 amide bonds. The third-order valence-corrected chi connectivity index (χ3v) is 9.11. The molecule has 1 fully saturated rings. The molecule has 5 nitrogen and oxygen atoms in total. The third-order valence-electron chi connectivity index (χ3n) is 5.64.